The Kier molecular flexibility index (Phi) is 539. The Labute approximate surface area is 149 Å². The van der Waals surface area contributed by atoms with Gasteiger partial charge in [0, 0.05) is 13.2 Å². The van der Waals surface area contributed by atoms with Crippen molar-refractivity contribution in [2.24, 2.45) is 0 Å². The van der Waals surface area contributed by atoms with Gasteiger partial charge in [-0.05, 0) is 12.8 Å². The summed E-state index contributed by atoms with van der Waals surface area (Å²) in [5.41, 5.74) is 0. The summed E-state index contributed by atoms with van der Waals surface area (Å²) in [5, 5.41) is 0. The van der Waals surface area contributed by atoms with Crippen molar-refractivity contribution in [1.82, 2.24) is 0 Å². The van der Waals surface area contributed by atoms with Gasteiger partial charge in [0.15, 0.2) is 0 Å². The summed E-state index contributed by atoms with van der Waals surface area (Å²) in [5.74, 6) is 0. The van der Waals surface area contributed by atoms with Crippen LogP contribution in [0.3, 0.4) is 0 Å². The monoisotopic (exact) mass is 356 g/mol. The third-order valence-electron chi connectivity index (χ3n) is 0.827. The molecule has 0 N–H and O–H groups in total. The van der Waals surface area contributed by atoms with Gasteiger partial charge in [0.1, 0.15) is 0 Å². The topological polar surface area (TPSA) is 129 Å². The van der Waals surface area contributed by atoms with E-state index in [1.807, 2.05) is 0 Å². The van der Waals surface area contributed by atoms with E-state index < -0.39 is 0 Å². The Balaban J connectivity index is -0.0000000130. The molecule has 1 rings (SSSR count). The molecule has 0 radical (unpaired) electrons. The molecule has 0 bridgehead atoms. The molecule has 0 spiro atoms. The molecule has 0 aromatic rings. The molecule has 1 heterocycles. The first-order valence-corrected chi connectivity index (χ1v) is 3.30. The molecule has 0 aromatic heterocycles. The molecule has 0 aliphatic carbocycles. The van der Waals surface area contributed by atoms with Gasteiger partial charge in [0.25, 0.3) is 0 Å². The largest absolute Gasteiger partial charge is 1.00 e. The Bertz CT molecular complexity index is 149. The molecule has 0 aromatic carbocycles. The van der Waals surface area contributed by atoms with Gasteiger partial charge in [-0.15, -0.1) is 0 Å². The van der Waals surface area contributed by atoms with Crippen LogP contribution in [0.5, 0.6) is 0 Å². The maximum Gasteiger partial charge on any atom is 1.00 e. The average Bonchev–Trinajstić information content (AvgIpc) is 3.10. The molecule has 7 nitrogen and oxygen atoms in total. The van der Waals surface area contributed by atoms with Crippen molar-refractivity contribution in [3.05, 3.63) is 39.9 Å². The number of hydrogen-bond donors (Lipinski definition) is 0. The Morgan fingerprint density at radius 2 is 0.684 bits per heavy atom. The second-order valence-electron chi connectivity index (χ2n) is 1.32. The molecule has 1 aliphatic rings. The normalized spacial score (nSPS) is 6.95. The van der Waals surface area contributed by atoms with E-state index in [4.69, 9.17) is 32.6 Å². The van der Waals surface area contributed by atoms with Gasteiger partial charge in [-0.25, -0.2) is 0 Å². The standard InChI is InChI=1S/C4H8O.6CO.Na.Nb/c1-2-4-5-3-1;6*1-2;;/h1-4H2;;;;;;;;/q;;;;;;;+1;-1. The molecule has 19 heavy (non-hydrogen) atoms. The van der Waals surface area contributed by atoms with E-state index in [9.17, 15) is 0 Å². The average molecular weight is 356 g/mol. The van der Waals surface area contributed by atoms with E-state index in [0.29, 0.717) is 0 Å². The van der Waals surface area contributed by atoms with Crippen molar-refractivity contribution < 1.29 is 84.6 Å². The summed E-state index contributed by atoms with van der Waals surface area (Å²) >= 11 is 0. The second-order valence-corrected chi connectivity index (χ2v) is 1.32. The van der Waals surface area contributed by atoms with E-state index >= 15 is 0 Å². The van der Waals surface area contributed by atoms with Gasteiger partial charge in [0.2, 0.25) is 0 Å². The fourth-order valence-electron chi connectivity index (χ4n) is 0.510. The Morgan fingerprint density at radius 1 is 0.526 bits per heavy atom. The fourth-order valence-corrected chi connectivity index (χ4v) is 0.510. The Morgan fingerprint density at radius 3 is 0.737 bits per heavy atom. The molecule has 9 heteroatoms. The van der Waals surface area contributed by atoms with Crippen molar-refractivity contribution in [3.63, 3.8) is 0 Å². The zero-order valence-electron chi connectivity index (χ0n) is 10.1. The zero-order valence-corrected chi connectivity index (χ0v) is 14.3. The molecule has 0 saturated carbocycles. The van der Waals surface area contributed by atoms with Crippen LogP contribution in [0.15, 0.2) is 0 Å². The third-order valence-corrected chi connectivity index (χ3v) is 0.827. The molecule has 96 valence electrons. The number of ether oxygens (including phenoxy) is 1. The summed E-state index contributed by atoms with van der Waals surface area (Å²) < 4.78 is 49.9. The van der Waals surface area contributed by atoms with Crippen molar-refractivity contribution in [2.75, 3.05) is 13.2 Å². The van der Waals surface area contributed by atoms with Gasteiger partial charge < -0.3 is 27.1 Å². The van der Waals surface area contributed by atoms with Crippen LogP contribution in [0, 0.1) is 39.9 Å². The minimum absolute atomic E-state index is 0. The first-order valence-electron chi connectivity index (χ1n) is 3.30. The van der Waals surface area contributed by atoms with E-state index in [1.54, 1.807) is 0 Å². The van der Waals surface area contributed by atoms with Crippen molar-refractivity contribution in [1.29, 1.82) is 0 Å². The molecular formula is C10H8NaNbO7. The predicted molar refractivity (Wildman–Crippen MR) is 43.6 cm³/mol. The van der Waals surface area contributed by atoms with Gasteiger partial charge >= 0.3 is 97.4 Å². The van der Waals surface area contributed by atoms with Crippen LogP contribution in [-0.4, -0.2) is 13.2 Å². The van der Waals surface area contributed by atoms with Gasteiger partial charge in [-0.3, -0.25) is 0 Å². The fraction of sp³-hybridized carbons (Fsp3) is 0.400. The summed E-state index contributed by atoms with van der Waals surface area (Å²) in [6.45, 7) is 29.0. The zero-order chi connectivity index (χ0) is 15.5. The van der Waals surface area contributed by atoms with Crippen LogP contribution in [0.2, 0.25) is 0 Å². The minimum atomic E-state index is 0. The molecule has 1 aliphatic heterocycles. The predicted octanol–water partition coefficient (Wildman–Crippen LogP) is -2.43. The molecule has 1 saturated heterocycles. The van der Waals surface area contributed by atoms with Gasteiger partial charge in [-0.1, -0.05) is 0 Å². The summed E-state index contributed by atoms with van der Waals surface area (Å²) in [6.07, 6.45) is 2.56. The van der Waals surface area contributed by atoms with Crippen LogP contribution in [0.25, 0.3) is 0 Å². The maximum atomic E-state index is 7.50. The first-order chi connectivity index (χ1) is 8.50. The van der Waals surface area contributed by atoms with E-state index in [0.717, 1.165) is 13.2 Å². The number of rotatable bonds is 0. The Hall–Kier alpha value is 0.140. The van der Waals surface area contributed by atoms with E-state index in [2.05, 4.69) is 39.9 Å². The van der Waals surface area contributed by atoms with E-state index in [1.165, 1.54) is 12.8 Å². The molecule has 0 amide bonds. The van der Waals surface area contributed by atoms with Crippen LogP contribution in [0.1, 0.15) is 12.8 Å². The summed E-state index contributed by atoms with van der Waals surface area (Å²) in [6, 6.07) is 0. The quantitative estimate of drug-likeness (QED) is 0.267. The van der Waals surface area contributed by atoms with Crippen molar-refractivity contribution in [3.8, 4) is 0 Å². The van der Waals surface area contributed by atoms with Crippen LogP contribution >= 0.6 is 0 Å². The third kappa shape index (κ3) is 179. The van der Waals surface area contributed by atoms with Gasteiger partial charge in [-0.2, -0.15) is 0 Å². The molecule has 0 unspecified atom stereocenters. The summed E-state index contributed by atoms with van der Waals surface area (Å²) in [4.78, 5) is 0. The molecule has 0 atom stereocenters. The van der Waals surface area contributed by atoms with Crippen molar-refractivity contribution in [2.45, 2.75) is 12.8 Å². The smallest absolute Gasteiger partial charge is 1.00 e. The van der Waals surface area contributed by atoms with Crippen LogP contribution in [0.4, 0.5) is 0 Å². The van der Waals surface area contributed by atoms with E-state index in [-0.39, 0.29) is 51.9 Å². The molecular weight excluding hydrogens is 348 g/mol. The van der Waals surface area contributed by atoms with Crippen LogP contribution in [-0.2, 0) is 55.0 Å². The number of hydrogen-bond acceptors (Lipinski definition) is 1. The van der Waals surface area contributed by atoms with Gasteiger partial charge in [0.05, 0.1) is 0 Å². The van der Waals surface area contributed by atoms with Crippen LogP contribution < -0.4 is 29.6 Å². The minimum Gasteiger partial charge on any atom is -1.00 e. The summed E-state index contributed by atoms with van der Waals surface area (Å²) in [7, 11) is 0. The molecule has 1 fully saturated rings. The first kappa shape index (κ1) is 50.8. The maximum absolute atomic E-state index is 7.50. The van der Waals surface area contributed by atoms with Crippen molar-refractivity contribution >= 4 is 0 Å². The SMILES string of the molecule is C1CCOC1.[C-]#[O+].[C-]#[O+].[C-]#[O+].[C-]#[O+].[C-]#[O+].[C-]#[O+].[Na+].[Nb-]. The second kappa shape index (κ2) is 202.